The minimum Gasteiger partial charge on any atom is -0.355 e. The Morgan fingerprint density at radius 2 is 1.80 bits per heavy atom. The molecule has 0 radical (unpaired) electrons. The first-order valence-corrected chi connectivity index (χ1v) is 9.53. The first-order chi connectivity index (χ1) is 14.5. The maximum atomic E-state index is 14.0. The number of hydrogen-bond donors (Lipinski definition) is 0. The fourth-order valence-electron chi connectivity index (χ4n) is 3.39. The van der Waals surface area contributed by atoms with Gasteiger partial charge in [0.2, 0.25) is 0 Å². The van der Waals surface area contributed by atoms with Crippen molar-refractivity contribution in [2.24, 2.45) is 0 Å². The van der Waals surface area contributed by atoms with Crippen molar-refractivity contribution < 1.29 is 13.7 Å². The van der Waals surface area contributed by atoms with Gasteiger partial charge in [0.05, 0.1) is 16.9 Å². The molecule has 0 saturated carbocycles. The topological polar surface area (TPSA) is 64.2 Å². The van der Waals surface area contributed by atoms with Gasteiger partial charge < -0.3 is 9.42 Å². The molecule has 0 atom stereocenters. The molecular weight excluding hydrogens is 383 g/mol. The lowest BCUT2D eigenvalue weighted by Gasteiger charge is -2.16. The second-order valence-corrected chi connectivity index (χ2v) is 7.11. The fourth-order valence-corrected chi connectivity index (χ4v) is 3.39. The van der Waals surface area contributed by atoms with Gasteiger partial charge in [0, 0.05) is 30.9 Å². The van der Waals surface area contributed by atoms with Crippen LogP contribution < -0.4 is 0 Å². The van der Waals surface area contributed by atoms with Gasteiger partial charge in [0.1, 0.15) is 5.82 Å². The summed E-state index contributed by atoms with van der Waals surface area (Å²) in [6.07, 6.45) is 0. The highest BCUT2D eigenvalue weighted by molar-refractivity contribution is 5.93. The number of amides is 1. The van der Waals surface area contributed by atoms with Gasteiger partial charge in [-0.1, -0.05) is 35.5 Å². The lowest BCUT2D eigenvalue weighted by molar-refractivity contribution is 0.0774. The van der Waals surface area contributed by atoms with E-state index in [1.54, 1.807) is 30.1 Å². The number of para-hydroxylation sites is 1. The van der Waals surface area contributed by atoms with Crippen LogP contribution in [0.25, 0.3) is 17.0 Å². The predicted octanol–water partition coefficient (Wildman–Crippen LogP) is 4.56. The van der Waals surface area contributed by atoms with Crippen molar-refractivity contribution in [1.29, 1.82) is 0 Å². The van der Waals surface area contributed by atoms with E-state index in [0.717, 1.165) is 22.6 Å². The molecule has 7 heteroatoms. The van der Waals surface area contributed by atoms with E-state index >= 15 is 0 Å². The summed E-state index contributed by atoms with van der Waals surface area (Å²) < 4.78 is 21.0. The summed E-state index contributed by atoms with van der Waals surface area (Å²) in [5.41, 5.74) is 4.13. The zero-order valence-corrected chi connectivity index (χ0v) is 17.0. The third-order valence-corrected chi connectivity index (χ3v) is 5.05. The van der Waals surface area contributed by atoms with Gasteiger partial charge in [-0.25, -0.2) is 9.07 Å². The van der Waals surface area contributed by atoms with E-state index < -0.39 is 5.82 Å². The van der Waals surface area contributed by atoms with E-state index in [1.165, 1.54) is 12.1 Å². The van der Waals surface area contributed by atoms with E-state index in [9.17, 15) is 9.18 Å². The molecule has 4 rings (SSSR count). The van der Waals surface area contributed by atoms with Crippen LogP contribution in [0, 0.1) is 19.7 Å². The van der Waals surface area contributed by atoms with Crippen LogP contribution in [0.3, 0.4) is 0 Å². The molecular formula is C23H21FN4O2. The molecule has 1 amide bonds. The third-order valence-electron chi connectivity index (χ3n) is 5.05. The number of carbonyl (C=O) groups is 1. The summed E-state index contributed by atoms with van der Waals surface area (Å²) >= 11 is 0. The van der Waals surface area contributed by atoms with Crippen molar-refractivity contribution >= 4 is 5.91 Å². The number of nitrogens with zero attached hydrogens (tertiary/aromatic N) is 4. The summed E-state index contributed by atoms with van der Waals surface area (Å²) in [5.74, 6) is -0.526. The largest absolute Gasteiger partial charge is 0.355 e. The zero-order valence-electron chi connectivity index (χ0n) is 17.0. The maximum absolute atomic E-state index is 14.0. The van der Waals surface area contributed by atoms with Gasteiger partial charge in [-0.3, -0.25) is 4.79 Å². The Kier molecular flexibility index (Phi) is 5.18. The molecule has 2 heterocycles. The van der Waals surface area contributed by atoms with Crippen LogP contribution in [-0.2, 0) is 6.54 Å². The SMILES string of the molecule is Cc1nn(-c2ccccc2)c(C)c1CN(C)C(=O)c1cc(-c2ccccc2F)on1. The molecule has 4 aromatic rings. The Labute approximate surface area is 173 Å². The van der Waals surface area contributed by atoms with Crippen molar-refractivity contribution in [1.82, 2.24) is 19.8 Å². The lowest BCUT2D eigenvalue weighted by atomic mass is 10.1. The summed E-state index contributed by atoms with van der Waals surface area (Å²) in [6.45, 7) is 4.27. The summed E-state index contributed by atoms with van der Waals surface area (Å²) in [6, 6.07) is 17.5. The molecule has 0 unspecified atom stereocenters. The number of carbonyl (C=O) groups excluding carboxylic acids is 1. The van der Waals surface area contributed by atoms with Crippen LogP contribution in [0.5, 0.6) is 0 Å². The highest BCUT2D eigenvalue weighted by Gasteiger charge is 2.22. The van der Waals surface area contributed by atoms with Crippen LogP contribution in [0.2, 0.25) is 0 Å². The minimum atomic E-state index is -0.430. The molecule has 2 aromatic heterocycles. The maximum Gasteiger partial charge on any atom is 0.276 e. The van der Waals surface area contributed by atoms with Gasteiger partial charge in [-0.2, -0.15) is 5.10 Å². The molecule has 0 N–H and O–H groups in total. The fraction of sp³-hybridized carbons (Fsp3) is 0.174. The first kappa shape index (κ1) is 19.6. The van der Waals surface area contributed by atoms with Crippen LogP contribution in [-0.4, -0.2) is 32.8 Å². The van der Waals surface area contributed by atoms with Crippen LogP contribution in [0.15, 0.2) is 65.2 Å². The number of rotatable bonds is 5. The quantitative estimate of drug-likeness (QED) is 0.489. The highest BCUT2D eigenvalue weighted by atomic mass is 19.1. The Bertz CT molecular complexity index is 1200. The van der Waals surface area contributed by atoms with Crippen molar-refractivity contribution in [3.05, 3.63) is 89.1 Å². The van der Waals surface area contributed by atoms with E-state index in [0.29, 0.717) is 6.54 Å². The second kappa shape index (κ2) is 7.94. The molecule has 0 aliphatic carbocycles. The lowest BCUT2D eigenvalue weighted by Crippen LogP contribution is -2.27. The molecule has 30 heavy (non-hydrogen) atoms. The Hall–Kier alpha value is -3.74. The smallest absolute Gasteiger partial charge is 0.276 e. The van der Waals surface area contributed by atoms with Crippen molar-refractivity contribution in [3.8, 4) is 17.0 Å². The summed E-state index contributed by atoms with van der Waals surface area (Å²) in [4.78, 5) is 14.4. The standard InChI is InChI=1S/C23H21FN4O2/c1-15-19(16(2)28(25-15)17-9-5-4-6-10-17)14-27(3)23(29)21-13-22(30-26-21)18-11-7-8-12-20(18)24/h4-13H,14H2,1-3H3. The molecule has 0 saturated heterocycles. The predicted molar refractivity (Wildman–Crippen MR) is 111 cm³/mol. The molecule has 152 valence electrons. The molecule has 0 fully saturated rings. The average Bonchev–Trinajstić information content (AvgIpc) is 3.35. The molecule has 0 bridgehead atoms. The molecule has 2 aromatic carbocycles. The highest BCUT2D eigenvalue weighted by Crippen LogP contribution is 2.24. The monoisotopic (exact) mass is 404 g/mol. The Morgan fingerprint density at radius 3 is 2.53 bits per heavy atom. The van der Waals surface area contributed by atoms with Crippen molar-refractivity contribution in [2.45, 2.75) is 20.4 Å². The number of benzene rings is 2. The van der Waals surface area contributed by atoms with Gasteiger partial charge in [-0.05, 0) is 38.1 Å². The zero-order chi connectivity index (χ0) is 21.3. The first-order valence-electron chi connectivity index (χ1n) is 9.53. The van der Waals surface area contributed by atoms with Crippen LogP contribution in [0.4, 0.5) is 4.39 Å². The summed E-state index contributed by atoms with van der Waals surface area (Å²) in [5, 5.41) is 8.46. The van der Waals surface area contributed by atoms with E-state index in [2.05, 4.69) is 10.3 Å². The number of aryl methyl sites for hydroxylation is 1. The van der Waals surface area contributed by atoms with E-state index in [-0.39, 0.29) is 22.9 Å². The van der Waals surface area contributed by atoms with Crippen molar-refractivity contribution in [3.63, 3.8) is 0 Å². The van der Waals surface area contributed by atoms with Gasteiger partial charge in [-0.15, -0.1) is 0 Å². The molecule has 6 nitrogen and oxygen atoms in total. The van der Waals surface area contributed by atoms with Gasteiger partial charge in [0.25, 0.3) is 5.91 Å². The summed E-state index contributed by atoms with van der Waals surface area (Å²) in [7, 11) is 1.69. The molecule has 0 aliphatic heterocycles. The Morgan fingerprint density at radius 1 is 1.10 bits per heavy atom. The van der Waals surface area contributed by atoms with E-state index in [1.807, 2.05) is 48.9 Å². The number of halogens is 1. The van der Waals surface area contributed by atoms with Gasteiger partial charge >= 0.3 is 0 Å². The van der Waals surface area contributed by atoms with Gasteiger partial charge in [0.15, 0.2) is 11.5 Å². The van der Waals surface area contributed by atoms with Crippen LogP contribution >= 0.6 is 0 Å². The third kappa shape index (κ3) is 3.61. The van der Waals surface area contributed by atoms with Crippen molar-refractivity contribution in [2.75, 3.05) is 7.05 Å². The molecule has 0 aliphatic rings. The number of aromatic nitrogens is 3. The van der Waals surface area contributed by atoms with E-state index in [4.69, 9.17) is 4.52 Å². The molecule has 0 spiro atoms. The number of hydrogen-bond acceptors (Lipinski definition) is 4. The normalized spacial score (nSPS) is 10.9. The second-order valence-electron chi connectivity index (χ2n) is 7.11. The van der Waals surface area contributed by atoms with Crippen LogP contribution in [0.1, 0.15) is 27.4 Å². The average molecular weight is 404 g/mol. The minimum absolute atomic E-state index is 0.126. The Balaban J connectivity index is 1.55.